The second-order valence-electron chi connectivity index (χ2n) is 5.83. The molecule has 0 fully saturated rings. The first-order valence-electron chi connectivity index (χ1n) is 7.78. The van der Waals surface area contributed by atoms with Crippen LogP contribution >= 0.6 is 11.6 Å². The fraction of sp³-hybridized carbons (Fsp3) is 0.150. The highest BCUT2D eigenvalue weighted by molar-refractivity contribution is 6.30. The van der Waals surface area contributed by atoms with Gasteiger partial charge in [0.15, 0.2) is 5.76 Å². The summed E-state index contributed by atoms with van der Waals surface area (Å²) in [6.45, 7) is 6.26. The smallest absolute Gasteiger partial charge is 0.235 e. The minimum absolute atomic E-state index is 0.0825. The lowest BCUT2D eigenvalue weighted by molar-refractivity contribution is 0.321. The molecule has 0 aliphatic heterocycles. The highest BCUT2D eigenvalue weighted by Crippen LogP contribution is 2.32. The van der Waals surface area contributed by atoms with Gasteiger partial charge in [-0.25, -0.2) is 0 Å². The summed E-state index contributed by atoms with van der Waals surface area (Å²) in [6.07, 6.45) is 0.741. The third-order valence-electron chi connectivity index (χ3n) is 3.72. The van der Waals surface area contributed by atoms with Gasteiger partial charge >= 0.3 is 0 Å². The molecule has 128 valence electrons. The van der Waals surface area contributed by atoms with Gasteiger partial charge in [0, 0.05) is 23.1 Å². The molecule has 25 heavy (non-hydrogen) atoms. The summed E-state index contributed by atoms with van der Waals surface area (Å²) in [6, 6.07) is 11.7. The molecule has 0 amide bonds. The van der Waals surface area contributed by atoms with Gasteiger partial charge in [-0.05, 0) is 31.2 Å². The topological polar surface area (TPSA) is 59.7 Å². The van der Waals surface area contributed by atoms with Crippen molar-refractivity contribution in [1.82, 2.24) is 0 Å². The van der Waals surface area contributed by atoms with E-state index in [0.29, 0.717) is 28.5 Å². The Bertz CT molecular complexity index is 1000. The third kappa shape index (κ3) is 3.69. The monoisotopic (exact) mass is 356 g/mol. The second kappa shape index (κ2) is 7.03. The number of hydrogen-bond acceptors (Lipinski definition) is 4. The zero-order valence-electron chi connectivity index (χ0n) is 13.7. The molecule has 3 rings (SSSR count). The van der Waals surface area contributed by atoms with Crippen molar-refractivity contribution in [3.63, 3.8) is 0 Å². The van der Waals surface area contributed by atoms with Crippen molar-refractivity contribution >= 4 is 22.6 Å². The van der Waals surface area contributed by atoms with E-state index in [0.717, 1.165) is 12.0 Å². The van der Waals surface area contributed by atoms with E-state index >= 15 is 0 Å². The molecule has 2 aromatic carbocycles. The van der Waals surface area contributed by atoms with Gasteiger partial charge in [0.1, 0.15) is 11.3 Å². The van der Waals surface area contributed by atoms with Crippen LogP contribution in [0.15, 0.2) is 63.8 Å². The van der Waals surface area contributed by atoms with Crippen LogP contribution in [0.3, 0.4) is 0 Å². The molecule has 0 spiro atoms. The summed E-state index contributed by atoms with van der Waals surface area (Å²) in [4.78, 5) is 12.4. The quantitative estimate of drug-likeness (QED) is 0.641. The van der Waals surface area contributed by atoms with Crippen LogP contribution in [-0.4, -0.2) is 11.7 Å². The molecule has 0 aliphatic rings. The summed E-state index contributed by atoms with van der Waals surface area (Å²) in [5.74, 6) is 0.226. The van der Waals surface area contributed by atoms with E-state index in [-0.39, 0.29) is 11.1 Å². The molecule has 0 atom stereocenters. The Morgan fingerprint density at radius 1 is 1.28 bits per heavy atom. The van der Waals surface area contributed by atoms with E-state index in [9.17, 15) is 9.90 Å². The van der Waals surface area contributed by atoms with Crippen LogP contribution in [0.5, 0.6) is 11.5 Å². The van der Waals surface area contributed by atoms with Crippen LogP contribution in [0.2, 0.25) is 5.02 Å². The van der Waals surface area contributed by atoms with Crippen molar-refractivity contribution in [1.29, 1.82) is 0 Å². The minimum atomic E-state index is -0.496. The first-order chi connectivity index (χ1) is 12.0. The Hall–Kier alpha value is -2.72. The third-order valence-corrected chi connectivity index (χ3v) is 3.96. The molecule has 4 nitrogen and oxygen atoms in total. The molecule has 1 heterocycles. The fourth-order valence-electron chi connectivity index (χ4n) is 2.42. The zero-order chi connectivity index (χ0) is 18.0. The molecule has 3 aromatic rings. The fourth-order valence-corrected chi connectivity index (χ4v) is 2.61. The summed E-state index contributed by atoms with van der Waals surface area (Å²) in [7, 11) is 0. The molecule has 0 bridgehead atoms. The van der Waals surface area contributed by atoms with Crippen LogP contribution in [0, 0.1) is 0 Å². The maximum Gasteiger partial charge on any atom is 0.235 e. The van der Waals surface area contributed by atoms with Crippen LogP contribution in [-0.2, 0) is 0 Å². The first-order valence-corrected chi connectivity index (χ1v) is 8.16. The predicted molar refractivity (Wildman–Crippen MR) is 99.5 cm³/mol. The average Bonchev–Trinajstić information content (AvgIpc) is 2.57. The average molecular weight is 357 g/mol. The van der Waals surface area contributed by atoms with E-state index in [1.807, 2.05) is 6.92 Å². The van der Waals surface area contributed by atoms with Gasteiger partial charge in [0.25, 0.3) is 0 Å². The Morgan fingerprint density at radius 3 is 2.80 bits per heavy atom. The number of fused-ring (bicyclic) bond motifs is 1. The van der Waals surface area contributed by atoms with Gasteiger partial charge in [-0.3, -0.25) is 4.79 Å². The largest absolute Gasteiger partial charge is 0.502 e. The van der Waals surface area contributed by atoms with Crippen molar-refractivity contribution in [2.75, 3.05) is 6.61 Å². The van der Waals surface area contributed by atoms with Crippen LogP contribution in [0.1, 0.15) is 13.3 Å². The normalized spacial score (nSPS) is 10.8. The van der Waals surface area contributed by atoms with Crippen molar-refractivity contribution in [2.45, 2.75) is 13.3 Å². The number of benzene rings is 2. The highest BCUT2D eigenvalue weighted by Gasteiger charge is 2.16. The van der Waals surface area contributed by atoms with Gasteiger partial charge in [0.05, 0.1) is 12.0 Å². The molecule has 0 aliphatic carbocycles. The number of halogens is 1. The number of rotatable bonds is 5. The van der Waals surface area contributed by atoms with Gasteiger partial charge < -0.3 is 14.3 Å². The highest BCUT2D eigenvalue weighted by atomic mass is 35.5. The maximum absolute atomic E-state index is 12.4. The van der Waals surface area contributed by atoms with Crippen molar-refractivity contribution in [3.05, 3.63) is 69.9 Å². The van der Waals surface area contributed by atoms with Gasteiger partial charge in [0.2, 0.25) is 11.2 Å². The Labute approximate surface area is 149 Å². The Kier molecular flexibility index (Phi) is 4.81. The first kappa shape index (κ1) is 17.1. The molecular formula is C20H17ClO4. The molecule has 5 heteroatoms. The molecular weight excluding hydrogens is 340 g/mol. The summed E-state index contributed by atoms with van der Waals surface area (Å²) in [5.41, 5.74) is 1.40. The minimum Gasteiger partial charge on any atom is -0.502 e. The molecule has 0 radical (unpaired) electrons. The SMILES string of the molecule is C=C(C)CCOc1ccc2c(=O)c(O)c(-c3cccc(Cl)c3)oc2c1. The van der Waals surface area contributed by atoms with E-state index in [4.69, 9.17) is 20.8 Å². The van der Waals surface area contributed by atoms with E-state index < -0.39 is 11.2 Å². The lowest BCUT2D eigenvalue weighted by Gasteiger charge is -2.09. The molecule has 1 aromatic heterocycles. The predicted octanol–water partition coefficient (Wildman–Crippen LogP) is 5.16. The van der Waals surface area contributed by atoms with Crippen LogP contribution < -0.4 is 10.2 Å². The number of aromatic hydroxyl groups is 1. The molecule has 0 saturated carbocycles. The van der Waals surface area contributed by atoms with Gasteiger partial charge in [-0.1, -0.05) is 29.3 Å². The van der Waals surface area contributed by atoms with Gasteiger partial charge in [-0.2, -0.15) is 0 Å². The molecule has 0 saturated heterocycles. The second-order valence-corrected chi connectivity index (χ2v) is 6.27. The number of ether oxygens (including phenoxy) is 1. The van der Waals surface area contributed by atoms with E-state index in [1.54, 1.807) is 42.5 Å². The van der Waals surface area contributed by atoms with Gasteiger partial charge in [-0.15, -0.1) is 6.58 Å². The van der Waals surface area contributed by atoms with Crippen molar-refractivity contribution in [2.24, 2.45) is 0 Å². The maximum atomic E-state index is 12.4. The lowest BCUT2D eigenvalue weighted by Crippen LogP contribution is -2.03. The molecule has 1 N–H and O–H groups in total. The lowest BCUT2D eigenvalue weighted by atomic mass is 10.1. The zero-order valence-corrected chi connectivity index (χ0v) is 14.5. The van der Waals surface area contributed by atoms with E-state index in [1.165, 1.54) is 0 Å². The Morgan fingerprint density at radius 2 is 2.08 bits per heavy atom. The summed E-state index contributed by atoms with van der Waals surface area (Å²) >= 11 is 5.98. The Balaban J connectivity index is 2.06. The van der Waals surface area contributed by atoms with Crippen molar-refractivity contribution in [3.8, 4) is 22.8 Å². The van der Waals surface area contributed by atoms with E-state index in [2.05, 4.69) is 6.58 Å². The van der Waals surface area contributed by atoms with Crippen LogP contribution in [0.25, 0.3) is 22.3 Å². The summed E-state index contributed by atoms with van der Waals surface area (Å²) < 4.78 is 11.4. The standard InChI is InChI=1S/C20H17ClO4/c1-12(2)8-9-24-15-6-7-16-17(11-15)25-20(19(23)18(16)22)13-4-3-5-14(21)10-13/h3-7,10-11,23H,1,8-9H2,2H3. The van der Waals surface area contributed by atoms with Crippen LogP contribution in [0.4, 0.5) is 0 Å². The summed E-state index contributed by atoms with van der Waals surface area (Å²) in [5, 5.41) is 11.0. The number of hydrogen-bond donors (Lipinski definition) is 1. The van der Waals surface area contributed by atoms with Crippen molar-refractivity contribution < 1.29 is 14.3 Å². The molecule has 0 unspecified atom stereocenters.